The Labute approximate surface area is 265 Å². The van der Waals surface area contributed by atoms with Crippen LogP contribution in [-0.2, 0) is 0 Å². The van der Waals surface area contributed by atoms with Crippen LogP contribution in [0.5, 0.6) is 0 Å². The number of fused-ring (bicyclic) bond motifs is 6. The summed E-state index contributed by atoms with van der Waals surface area (Å²) in [5, 5.41) is 24.7. The van der Waals surface area contributed by atoms with Gasteiger partial charge < -0.3 is 0 Å². The number of amidine groups is 1. The van der Waals surface area contributed by atoms with Gasteiger partial charge in [0.15, 0.2) is 12.0 Å². The van der Waals surface area contributed by atoms with Gasteiger partial charge >= 0.3 is 0 Å². The minimum atomic E-state index is -0.451. The van der Waals surface area contributed by atoms with E-state index in [1.807, 2.05) is 0 Å². The molecule has 6 aliphatic rings. The number of benzene rings is 4. The van der Waals surface area contributed by atoms with Gasteiger partial charge in [0.2, 0.25) is 6.29 Å². The number of hydrogen-bond acceptors (Lipinski definition) is 6. The molecule has 224 valence electrons. The van der Waals surface area contributed by atoms with Crippen molar-refractivity contribution in [2.45, 2.75) is 44.6 Å². The lowest BCUT2D eigenvalue weighted by Crippen LogP contribution is -2.60. The van der Waals surface area contributed by atoms with Gasteiger partial charge in [0.25, 0.3) is 5.96 Å². The third kappa shape index (κ3) is 3.19. The predicted octanol–water partition coefficient (Wildman–Crippen LogP) is 9.36. The Kier molecular flexibility index (Phi) is 4.97. The van der Waals surface area contributed by atoms with E-state index in [2.05, 4.69) is 106 Å². The zero-order valence-electron chi connectivity index (χ0n) is 25.3. The van der Waals surface area contributed by atoms with Gasteiger partial charge in [-0.15, -0.1) is 15.3 Å². The van der Waals surface area contributed by atoms with Gasteiger partial charge in [0, 0.05) is 21.5 Å². The molecular weight excluding hydrogens is 568 g/mol. The van der Waals surface area contributed by atoms with E-state index in [1.54, 1.807) is 0 Å². The number of para-hydroxylation sites is 4. The average Bonchev–Trinajstić information content (AvgIpc) is 3.88. The molecule has 4 saturated carbocycles. The molecule has 2 unspecified atom stereocenters. The molecule has 6 aromatic rings. The average molecular weight is 601 g/mol. The number of azo groups is 2. The number of aliphatic imine (C=N–C) groups is 2. The van der Waals surface area contributed by atoms with Crippen molar-refractivity contribution in [3.63, 3.8) is 0 Å². The second-order valence-corrected chi connectivity index (χ2v) is 14.0. The minimum absolute atomic E-state index is 0.368. The van der Waals surface area contributed by atoms with Gasteiger partial charge in [-0.1, -0.05) is 72.8 Å². The van der Waals surface area contributed by atoms with E-state index in [1.165, 1.54) is 53.6 Å². The minimum Gasteiger partial charge on any atom is -0.298 e. The molecule has 46 heavy (non-hydrogen) atoms. The third-order valence-electron chi connectivity index (χ3n) is 11.9. The highest BCUT2D eigenvalue weighted by Gasteiger charge is 2.65. The molecule has 2 aromatic heterocycles. The molecule has 8 nitrogen and oxygen atoms in total. The van der Waals surface area contributed by atoms with Crippen molar-refractivity contribution >= 4 is 55.4 Å². The van der Waals surface area contributed by atoms with Crippen LogP contribution in [0, 0.1) is 29.1 Å². The van der Waals surface area contributed by atoms with Gasteiger partial charge in [-0.25, -0.2) is 9.98 Å². The van der Waals surface area contributed by atoms with Gasteiger partial charge in [-0.2, -0.15) is 5.11 Å². The second-order valence-electron chi connectivity index (χ2n) is 14.0. The van der Waals surface area contributed by atoms with E-state index >= 15 is 0 Å². The first kappa shape index (κ1) is 25.2. The van der Waals surface area contributed by atoms with Crippen molar-refractivity contribution in [3.05, 3.63) is 97.1 Å². The first-order valence-corrected chi connectivity index (χ1v) is 16.7. The fourth-order valence-electron chi connectivity index (χ4n) is 10.4. The molecule has 2 atom stereocenters. The molecule has 8 heteroatoms. The Balaban J connectivity index is 1.09. The quantitative estimate of drug-likeness (QED) is 0.194. The van der Waals surface area contributed by atoms with Crippen molar-refractivity contribution < 1.29 is 0 Å². The van der Waals surface area contributed by atoms with Gasteiger partial charge in [0.05, 0.1) is 27.5 Å². The largest absolute Gasteiger partial charge is 0.298 e. The molecule has 4 fully saturated rings. The first-order valence-electron chi connectivity index (χ1n) is 16.7. The van der Waals surface area contributed by atoms with Gasteiger partial charge in [-0.05, 0) is 80.0 Å². The second kappa shape index (κ2) is 9.06. The molecule has 0 saturated heterocycles. The zero-order valence-corrected chi connectivity index (χ0v) is 25.3. The Morgan fingerprint density at radius 1 is 0.522 bits per heavy atom. The van der Waals surface area contributed by atoms with E-state index in [-0.39, 0.29) is 6.17 Å². The highest BCUT2D eigenvalue weighted by molar-refractivity contribution is 6.14. The summed E-state index contributed by atoms with van der Waals surface area (Å²) in [6, 6.07) is 34.2. The van der Waals surface area contributed by atoms with Crippen LogP contribution < -0.4 is 0 Å². The van der Waals surface area contributed by atoms with E-state index in [9.17, 15) is 0 Å². The molecule has 4 bridgehead atoms. The van der Waals surface area contributed by atoms with Crippen LogP contribution in [0.3, 0.4) is 0 Å². The monoisotopic (exact) mass is 600 g/mol. The molecule has 0 amide bonds. The van der Waals surface area contributed by atoms with Gasteiger partial charge in [-0.3, -0.25) is 9.13 Å². The van der Waals surface area contributed by atoms with Crippen molar-refractivity contribution in [2.75, 3.05) is 0 Å². The molecule has 0 spiro atoms. The first-order chi connectivity index (χ1) is 22.8. The molecule has 2 aliphatic heterocycles. The van der Waals surface area contributed by atoms with Crippen LogP contribution in [0.2, 0.25) is 0 Å². The fraction of sp³-hybridized carbons (Fsp3) is 0.316. The summed E-state index contributed by atoms with van der Waals surface area (Å²) in [7, 11) is 0. The molecule has 0 N–H and O–H groups in total. The standard InChI is InChI=1S/C38H32N8/c1-5-13-30-26(9-1)27-10-2-6-14-31(27)45(30)36-39-34(41-43-36)38(24-18-22-17-23(20-24)21-25(38)19-22)35-40-37(44-42-35)46-32-15-7-3-11-28(32)29-12-4-8-16-33(29)46/h1-16,22-25,34,37H,17-21H2. The Hall–Kier alpha value is -4.98. The molecule has 4 heterocycles. The lowest BCUT2D eigenvalue weighted by molar-refractivity contribution is -0.0800. The number of aromatic nitrogens is 2. The SMILES string of the molecule is c1ccc2c(c1)c1ccccc1n2C1=NC(C2(C3=NC(n4c5ccccc5c5ccccc54)N=N3)C3CC4CC(C3)CC2C4)N=N1. The maximum absolute atomic E-state index is 5.45. The van der Waals surface area contributed by atoms with E-state index in [4.69, 9.17) is 30.4 Å². The maximum Gasteiger partial charge on any atom is 0.251 e. The summed E-state index contributed by atoms with van der Waals surface area (Å²) in [6.07, 6.45) is 5.30. The zero-order chi connectivity index (χ0) is 30.0. The van der Waals surface area contributed by atoms with Crippen molar-refractivity contribution in [3.8, 4) is 0 Å². The summed E-state index contributed by atoms with van der Waals surface area (Å²) in [5.74, 6) is 3.89. The highest BCUT2D eigenvalue weighted by atomic mass is 15.4. The van der Waals surface area contributed by atoms with Crippen LogP contribution in [0.1, 0.15) is 38.4 Å². The van der Waals surface area contributed by atoms with E-state index < -0.39 is 11.7 Å². The smallest absolute Gasteiger partial charge is 0.251 e. The maximum atomic E-state index is 5.45. The summed E-state index contributed by atoms with van der Waals surface area (Å²) >= 11 is 0. The van der Waals surface area contributed by atoms with Crippen molar-refractivity contribution in [2.24, 2.45) is 59.5 Å². The normalized spacial score (nSPS) is 31.2. The van der Waals surface area contributed by atoms with Crippen LogP contribution in [0.15, 0.2) is 128 Å². The fourth-order valence-corrected chi connectivity index (χ4v) is 10.4. The summed E-state index contributed by atoms with van der Waals surface area (Å²) in [5.41, 5.74) is 4.05. The number of rotatable bonds is 3. The summed E-state index contributed by atoms with van der Waals surface area (Å²) in [6.45, 7) is 0. The molecular formula is C38H32N8. The molecule has 0 radical (unpaired) electrons. The summed E-state index contributed by atoms with van der Waals surface area (Å²) < 4.78 is 4.45. The molecule has 12 rings (SSSR count). The van der Waals surface area contributed by atoms with Crippen LogP contribution in [0.25, 0.3) is 43.6 Å². The third-order valence-corrected chi connectivity index (χ3v) is 11.9. The highest BCUT2D eigenvalue weighted by Crippen LogP contribution is 2.65. The molecule has 4 aliphatic carbocycles. The predicted molar refractivity (Wildman–Crippen MR) is 181 cm³/mol. The van der Waals surface area contributed by atoms with E-state index in [0.29, 0.717) is 17.8 Å². The number of nitrogens with zero attached hydrogens (tertiary/aromatic N) is 8. The van der Waals surface area contributed by atoms with Crippen molar-refractivity contribution in [1.29, 1.82) is 0 Å². The van der Waals surface area contributed by atoms with Crippen LogP contribution in [0.4, 0.5) is 0 Å². The molecule has 4 aromatic carbocycles. The lowest BCUT2D eigenvalue weighted by Gasteiger charge is -2.60. The van der Waals surface area contributed by atoms with Crippen LogP contribution >= 0.6 is 0 Å². The van der Waals surface area contributed by atoms with E-state index in [0.717, 1.165) is 39.7 Å². The number of hydrogen-bond donors (Lipinski definition) is 0. The summed E-state index contributed by atoms with van der Waals surface area (Å²) in [4.78, 5) is 10.9. The van der Waals surface area contributed by atoms with Gasteiger partial charge in [0.1, 0.15) is 0 Å². The lowest BCUT2D eigenvalue weighted by atomic mass is 9.44. The Morgan fingerprint density at radius 2 is 1.02 bits per heavy atom. The van der Waals surface area contributed by atoms with Crippen molar-refractivity contribution in [1.82, 2.24) is 9.13 Å². The Bertz CT molecular complexity index is 2240. The Morgan fingerprint density at radius 3 is 1.59 bits per heavy atom. The van der Waals surface area contributed by atoms with Crippen LogP contribution in [-0.4, -0.2) is 27.1 Å². The topological polar surface area (TPSA) is 84.0 Å².